The molecule has 3 nitrogen and oxygen atoms in total. The predicted octanol–water partition coefficient (Wildman–Crippen LogP) is 1.84. The van der Waals surface area contributed by atoms with Gasteiger partial charge in [0.05, 0.1) is 10.4 Å². The van der Waals surface area contributed by atoms with Crippen molar-refractivity contribution in [1.29, 1.82) is 0 Å². The van der Waals surface area contributed by atoms with Gasteiger partial charge in [0, 0.05) is 12.2 Å². The summed E-state index contributed by atoms with van der Waals surface area (Å²) in [6.07, 6.45) is 2.06. The zero-order valence-corrected chi connectivity index (χ0v) is 9.98. The number of nitrogens with zero attached hydrogens (tertiary/aromatic N) is 2. The first-order chi connectivity index (χ1) is 6.49. The minimum absolute atomic E-state index is 0.0457. The molecule has 14 heavy (non-hydrogen) atoms. The molecule has 1 aromatic heterocycles. The molecule has 4 heteroatoms. The van der Waals surface area contributed by atoms with E-state index in [-0.39, 0.29) is 4.75 Å². The van der Waals surface area contributed by atoms with Crippen LogP contribution in [0.1, 0.15) is 31.1 Å². The molecule has 0 aliphatic carbocycles. The molecule has 1 heterocycles. The van der Waals surface area contributed by atoms with Gasteiger partial charge in [0.2, 0.25) is 0 Å². The Kier molecular flexibility index (Phi) is 3.50. The molecular weight excluding hydrogens is 194 g/mol. The van der Waals surface area contributed by atoms with E-state index in [2.05, 4.69) is 30.1 Å². The average Bonchev–Trinajstić information content (AvgIpc) is 2.16. The van der Waals surface area contributed by atoms with Crippen LogP contribution in [0.5, 0.6) is 0 Å². The van der Waals surface area contributed by atoms with E-state index >= 15 is 0 Å². The van der Waals surface area contributed by atoms with Gasteiger partial charge in [0.15, 0.2) is 0 Å². The molecule has 0 spiro atoms. The molecule has 0 unspecified atom stereocenters. The molecule has 1 aromatic rings. The minimum Gasteiger partial charge on any atom is -0.325 e. The highest BCUT2D eigenvalue weighted by Gasteiger charge is 2.22. The highest BCUT2D eigenvalue weighted by atomic mass is 32.2. The van der Waals surface area contributed by atoms with E-state index in [4.69, 9.17) is 5.73 Å². The number of hydrogen-bond acceptors (Lipinski definition) is 4. The maximum Gasteiger partial charge on any atom is 0.144 e. The molecular formula is C10H17N3S. The van der Waals surface area contributed by atoms with E-state index in [1.54, 1.807) is 11.8 Å². The highest BCUT2D eigenvalue weighted by molar-refractivity contribution is 7.99. The van der Waals surface area contributed by atoms with Gasteiger partial charge in [-0.05, 0) is 33.1 Å². The monoisotopic (exact) mass is 211 g/mol. The van der Waals surface area contributed by atoms with Crippen LogP contribution in [0.4, 0.5) is 0 Å². The lowest BCUT2D eigenvalue weighted by Crippen LogP contribution is -2.18. The second-order valence-electron chi connectivity index (χ2n) is 3.74. The molecule has 0 saturated carbocycles. The average molecular weight is 211 g/mol. The summed E-state index contributed by atoms with van der Waals surface area (Å²) in [7, 11) is 0. The summed E-state index contributed by atoms with van der Waals surface area (Å²) < 4.78 is -0.0457. The molecule has 0 saturated heterocycles. The van der Waals surface area contributed by atoms with Gasteiger partial charge in [-0.2, -0.15) is 11.8 Å². The summed E-state index contributed by atoms with van der Waals surface area (Å²) in [6.45, 7) is 6.68. The molecule has 0 atom stereocenters. The first-order valence-electron chi connectivity index (χ1n) is 4.60. The Morgan fingerprint density at radius 2 is 2.07 bits per heavy atom. The lowest BCUT2D eigenvalue weighted by Gasteiger charge is -2.20. The van der Waals surface area contributed by atoms with Gasteiger partial charge in [-0.25, -0.2) is 9.97 Å². The zero-order chi connectivity index (χ0) is 10.8. The van der Waals surface area contributed by atoms with Gasteiger partial charge < -0.3 is 5.73 Å². The molecule has 2 N–H and O–H groups in total. The Labute approximate surface area is 89.5 Å². The van der Waals surface area contributed by atoms with Gasteiger partial charge in [-0.15, -0.1) is 0 Å². The Balaban J connectivity index is 3.15. The highest BCUT2D eigenvalue weighted by Crippen LogP contribution is 2.30. The summed E-state index contributed by atoms with van der Waals surface area (Å²) in [5, 5.41) is 0. The Morgan fingerprint density at radius 1 is 1.43 bits per heavy atom. The molecule has 0 fully saturated rings. The van der Waals surface area contributed by atoms with Gasteiger partial charge in [-0.1, -0.05) is 0 Å². The van der Waals surface area contributed by atoms with Crippen molar-refractivity contribution in [3.05, 3.63) is 23.3 Å². The van der Waals surface area contributed by atoms with E-state index in [1.165, 1.54) is 0 Å². The summed E-state index contributed by atoms with van der Waals surface area (Å²) in [6, 6.07) is 1.93. The first kappa shape index (κ1) is 11.5. The number of aryl methyl sites for hydroxylation is 1. The molecule has 0 aromatic carbocycles. The van der Waals surface area contributed by atoms with Crippen molar-refractivity contribution in [2.75, 3.05) is 6.26 Å². The Hall–Kier alpha value is -0.610. The van der Waals surface area contributed by atoms with Crippen LogP contribution in [0.15, 0.2) is 6.07 Å². The van der Waals surface area contributed by atoms with Crippen LogP contribution < -0.4 is 5.73 Å². The smallest absolute Gasteiger partial charge is 0.144 e. The van der Waals surface area contributed by atoms with E-state index < -0.39 is 0 Å². The van der Waals surface area contributed by atoms with Crippen molar-refractivity contribution in [3.63, 3.8) is 0 Å². The Morgan fingerprint density at radius 3 is 2.57 bits per heavy atom. The fraction of sp³-hybridized carbons (Fsp3) is 0.600. The molecule has 0 radical (unpaired) electrons. The van der Waals surface area contributed by atoms with Gasteiger partial charge >= 0.3 is 0 Å². The van der Waals surface area contributed by atoms with Crippen molar-refractivity contribution in [1.82, 2.24) is 9.97 Å². The summed E-state index contributed by atoms with van der Waals surface area (Å²) >= 11 is 1.74. The zero-order valence-electron chi connectivity index (χ0n) is 9.16. The SMILES string of the molecule is CSC(C)(C)c1nc(C)cc(CN)n1. The van der Waals surface area contributed by atoms with E-state index in [0.717, 1.165) is 17.2 Å². The summed E-state index contributed by atoms with van der Waals surface area (Å²) in [5.41, 5.74) is 7.47. The van der Waals surface area contributed by atoms with Crippen LogP contribution >= 0.6 is 11.8 Å². The quantitative estimate of drug-likeness (QED) is 0.829. The van der Waals surface area contributed by atoms with E-state index in [1.807, 2.05) is 13.0 Å². The third-order valence-corrected chi connectivity index (χ3v) is 3.37. The van der Waals surface area contributed by atoms with Crippen molar-refractivity contribution in [2.45, 2.75) is 32.1 Å². The summed E-state index contributed by atoms with van der Waals surface area (Å²) in [4.78, 5) is 8.87. The van der Waals surface area contributed by atoms with Crippen LogP contribution in [0, 0.1) is 6.92 Å². The van der Waals surface area contributed by atoms with Crippen LogP contribution in [0.25, 0.3) is 0 Å². The number of rotatable bonds is 3. The van der Waals surface area contributed by atoms with Crippen molar-refractivity contribution in [2.24, 2.45) is 5.73 Å². The van der Waals surface area contributed by atoms with Gasteiger partial charge in [0.1, 0.15) is 5.82 Å². The number of hydrogen-bond donors (Lipinski definition) is 1. The number of thioether (sulfide) groups is 1. The molecule has 0 bridgehead atoms. The predicted molar refractivity (Wildman–Crippen MR) is 61.2 cm³/mol. The van der Waals surface area contributed by atoms with E-state index in [0.29, 0.717) is 6.54 Å². The maximum absolute atomic E-state index is 5.58. The molecule has 0 aliphatic rings. The third kappa shape index (κ3) is 2.45. The molecule has 1 rings (SSSR count). The van der Waals surface area contributed by atoms with Crippen molar-refractivity contribution < 1.29 is 0 Å². The van der Waals surface area contributed by atoms with Crippen LogP contribution in [-0.2, 0) is 11.3 Å². The lowest BCUT2D eigenvalue weighted by atomic mass is 10.2. The van der Waals surface area contributed by atoms with Gasteiger partial charge in [-0.3, -0.25) is 0 Å². The number of nitrogens with two attached hydrogens (primary N) is 1. The van der Waals surface area contributed by atoms with Crippen molar-refractivity contribution in [3.8, 4) is 0 Å². The van der Waals surface area contributed by atoms with E-state index in [9.17, 15) is 0 Å². The molecule has 0 amide bonds. The third-order valence-electron chi connectivity index (χ3n) is 2.17. The topological polar surface area (TPSA) is 51.8 Å². The molecule has 78 valence electrons. The molecule has 0 aliphatic heterocycles. The maximum atomic E-state index is 5.58. The van der Waals surface area contributed by atoms with Crippen LogP contribution in [-0.4, -0.2) is 16.2 Å². The van der Waals surface area contributed by atoms with Crippen molar-refractivity contribution >= 4 is 11.8 Å². The summed E-state index contributed by atoms with van der Waals surface area (Å²) in [5.74, 6) is 0.866. The second-order valence-corrected chi connectivity index (χ2v) is 5.17. The van der Waals surface area contributed by atoms with Crippen LogP contribution in [0.2, 0.25) is 0 Å². The normalized spacial score (nSPS) is 11.8. The second kappa shape index (κ2) is 4.28. The fourth-order valence-corrected chi connectivity index (χ4v) is 1.37. The van der Waals surface area contributed by atoms with Crippen LogP contribution in [0.3, 0.4) is 0 Å². The Bertz CT molecular complexity index is 323. The lowest BCUT2D eigenvalue weighted by molar-refractivity contribution is 0.692. The minimum atomic E-state index is -0.0457. The standard InChI is InChI=1S/C10H17N3S/c1-7-5-8(6-11)13-9(12-7)10(2,3)14-4/h5H,6,11H2,1-4H3. The fourth-order valence-electron chi connectivity index (χ4n) is 1.10. The first-order valence-corrected chi connectivity index (χ1v) is 5.82. The largest absolute Gasteiger partial charge is 0.325 e. The number of aromatic nitrogens is 2. The van der Waals surface area contributed by atoms with Gasteiger partial charge in [0.25, 0.3) is 0 Å².